The molecule has 144 valence electrons. The number of hydrogen-bond donors (Lipinski definition) is 1. The molecule has 0 unspecified atom stereocenters. The third kappa shape index (κ3) is 5.81. The Kier molecular flexibility index (Phi) is 6.95. The standard InChI is InChI=1S/C22H23N3O3/c26-13-4-8-20-10-9-19(16-25-12-5-11-24-25)14-21(20)28-17-22(27)23-15-18-6-2-1-3-7-18/h1-3,5-7,9-14H,4,8,15-17H2,(H,23,27). The van der Waals surface area contributed by atoms with E-state index in [1.54, 1.807) is 6.20 Å². The van der Waals surface area contributed by atoms with Crippen molar-refractivity contribution < 1.29 is 14.3 Å². The van der Waals surface area contributed by atoms with Crippen LogP contribution in [0.3, 0.4) is 0 Å². The van der Waals surface area contributed by atoms with E-state index in [1.165, 1.54) is 0 Å². The molecule has 1 aromatic heterocycles. The van der Waals surface area contributed by atoms with Crippen LogP contribution in [0.25, 0.3) is 0 Å². The first kappa shape index (κ1) is 19.4. The molecule has 1 heterocycles. The topological polar surface area (TPSA) is 73.2 Å². The van der Waals surface area contributed by atoms with Crippen molar-refractivity contribution in [2.24, 2.45) is 0 Å². The Morgan fingerprint density at radius 1 is 1.11 bits per heavy atom. The van der Waals surface area contributed by atoms with Gasteiger partial charge in [0, 0.05) is 25.4 Å². The summed E-state index contributed by atoms with van der Waals surface area (Å²) in [5.41, 5.74) is 2.95. The molecule has 0 aliphatic carbocycles. The number of aromatic nitrogens is 2. The van der Waals surface area contributed by atoms with Crippen molar-refractivity contribution in [3.05, 3.63) is 83.7 Å². The number of amides is 1. The van der Waals surface area contributed by atoms with Gasteiger partial charge >= 0.3 is 0 Å². The van der Waals surface area contributed by atoms with Crippen LogP contribution in [0.1, 0.15) is 23.1 Å². The molecule has 0 spiro atoms. The Hall–Kier alpha value is -3.41. The summed E-state index contributed by atoms with van der Waals surface area (Å²) in [6.45, 7) is 0.990. The molecule has 3 rings (SSSR count). The zero-order valence-corrected chi connectivity index (χ0v) is 15.6. The summed E-state index contributed by atoms with van der Waals surface area (Å²) in [5, 5.41) is 7.05. The zero-order chi connectivity index (χ0) is 19.6. The van der Waals surface area contributed by atoms with Crippen molar-refractivity contribution in [2.45, 2.75) is 25.9 Å². The Balaban J connectivity index is 1.62. The quantitative estimate of drug-likeness (QED) is 0.552. The molecule has 0 atom stereocenters. The van der Waals surface area contributed by atoms with E-state index >= 15 is 0 Å². The number of aryl methyl sites for hydroxylation is 1. The van der Waals surface area contributed by atoms with Gasteiger partial charge in [0.25, 0.3) is 5.91 Å². The van der Waals surface area contributed by atoms with Gasteiger partial charge in [-0.25, -0.2) is 0 Å². The van der Waals surface area contributed by atoms with E-state index in [4.69, 9.17) is 4.74 Å². The second-order valence-electron chi connectivity index (χ2n) is 6.40. The largest absolute Gasteiger partial charge is 0.483 e. The summed E-state index contributed by atoms with van der Waals surface area (Å²) in [5.74, 6) is 0.434. The molecule has 1 amide bonds. The highest BCUT2D eigenvalue weighted by Gasteiger charge is 2.09. The van der Waals surface area contributed by atoms with Crippen LogP contribution in [0.15, 0.2) is 67.0 Å². The summed E-state index contributed by atoms with van der Waals surface area (Å²) in [7, 11) is 0. The number of nitrogens with zero attached hydrogens (tertiary/aromatic N) is 2. The Morgan fingerprint density at radius 2 is 1.96 bits per heavy atom. The third-order valence-electron chi connectivity index (χ3n) is 4.26. The fourth-order valence-electron chi connectivity index (χ4n) is 2.82. The summed E-state index contributed by atoms with van der Waals surface area (Å²) < 4.78 is 7.60. The minimum Gasteiger partial charge on any atom is -0.483 e. The minimum absolute atomic E-state index is 0.0772. The number of benzene rings is 2. The average Bonchev–Trinajstić information content (AvgIpc) is 3.24. The van der Waals surface area contributed by atoms with E-state index < -0.39 is 0 Å². The van der Waals surface area contributed by atoms with Gasteiger partial charge in [0.2, 0.25) is 0 Å². The van der Waals surface area contributed by atoms with Gasteiger partial charge in [-0.15, -0.1) is 0 Å². The molecule has 0 bridgehead atoms. The van der Waals surface area contributed by atoms with E-state index in [0.717, 1.165) is 23.0 Å². The summed E-state index contributed by atoms with van der Waals surface area (Å²) in [6, 6.07) is 17.4. The van der Waals surface area contributed by atoms with Crippen molar-refractivity contribution in [1.82, 2.24) is 15.1 Å². The SMILES string of the molecule is O=CCCc1ccc(Cn2cccn2)cc1OCC(=O)NCc1ccccc1. The van der Waals surface area contributed by atoms with Gasteiger partial charge in [0.05, 0.1) is 6.54 Å². The van der Waals surface area contributed by atoms with Crippen LogP contribution in [-0.2, 0) is 29.1 Å². The molecular formula is C22H23N3O3. The van der Waals surface area contributed by atoms with E-state index in [1.807, 2.05) is 65.5 Å². The lowest BCUT2D eigenvalue weighted by Gasteiger charge is -2.13. The predicted octanol–water partition coefficient (Wildman–Crippen LogP) is 2.76. The lowest BCUT2D eigenvalue weighted by Crippen LogP contribution is -2.28. The monoisotopic (exact) mass is 377 g/mol. The summed E-state index contributed by atoms with van der Waals surface area (Å²) in [6.07, 6.45) is 5.49. The molecule has 0 aliphatic rings. The maximum atomic E-state index is 12.1. The molecule has 3 aromatic rings. The van der Waals surface area contributed by atoms with Crippen LogP contribution in [-0.4, -0.2) is 28.6 Å². The molecule has 0 radical (unpaired) electrons. The van der Waals surface area contributed by atoms with Gasteiger partial charge in [0.15, 0.2) is 6.61 Å². The first-order valence-corrected chi connectivity index (χ1v) is 9.21. The average molecular weight is 377 g/mol. The summed E-state index contributed by atoms with van der Waals surface area (Å²) >= 11 is 0. The van der Waals surface area contributed by atoms with Crippen LogP contribution in [0.4, 0.5) is 0 Å². The first-order valence-electron chi connectivity index (χ1n) is 9.21. The maximum Gasteiger partial charge on any atom is 0.258 e. The lowest BCUT2D eigenvalue weighted by atomic mass is 10.1. The predicted molar refractivity (Wildman–Crippen MR) is 106 cm³/mol. The number of nitrogens with one attached hydrogen (secondary N) is 1. The number of carbonyl (C=O) groups is 2. The Morgan fingerprint density at radius 3 is 2.71 bits per heavy atom. The third-order valence-corrected chi connectivity index (χ3v) is 4.26. The van der Waals surface area contributed by atoms with E-state index in [-0.39, 0.29) is 12.5 Å². The Labute approximate surface area is 164 Å². The van der Waals surface area contributed by atoms with Gasteiger partial charge in [-0.3, -0.25) is 9.48 Å². The van der Waals surface area contributed by atoms with Gasteiger partial charge in [-0.05, 0) is 35.2 Å². The fourth-order valence-corrected chi connectivity index (χ4v) is 2.82. The van der Waals surface area contributed by atoms with Crippen molar-refractivity contribution in [3.63, 3.8) is 0 Å². The van der Waals surface area contributed by atoms with Gasteiger partial charge < -0.3 is 14.8 Å². The fraction of sp³-hybridized carbons (Fsp3) is 0.227. The number of hydrogen-bond acceptors (Lipinski definition) is 4. The van der Waals surface area contributed by atoms with E-state index in [0.29, 0.717) is 31.7 Å². The smallest absolute Gasteiger partial charge is 0.258 e. The highest BCUT2D eigenvalue weighted by Crippen LogP contribution is 2.22. The van der Waals surface area contributed by atoms with Crippen molar-refractivity contribution >= 4 is 12.2 Å². The second kappa shape index (κ2) is 10.1. The van der Waals surface area contributed by atoms with Crippen LogP contribution in [0, 0.1) is 0 Å². The molecule has 6 heteroatoms. The van der Waals surface area contributed by atoms with Gasteiger partial charge in [-0.2, -0.15) is 5.10 Å². The molecule has 0 aliphatic heterocycles. The van der Waals surface area contributed by atoms with Gasteiger partial charge in [-0.1, -0.05) is 42.5 Å². The first-order chi connectivity index (χ1) is 13.7. The number of ether oxygens (including phenoxy) is 1. The molecule has 0 fully saturated rings. The van der Waals surface area contributed by atoms with Crippen molar-refractivity contribution in [2.75, 3.05) is 6.61 Å². The van der Waals surface area contributed by atoms with E-state index in [9.17, 15) is 9.59 Å². The van der Waals surface area contributed by atoms with Crippen molar-refractivity contribution in [1.29, 1.82) is 0 Å². The Bertz CT molecular complexity index is 893. The molecular weight excluding hydrogens is 354 g/mol. The summed E-state index contributed by atoms with van der Waals surface area (Å²) in [4.78, 5) is 22.9. The maximum absolute atomic E-state index is 12.1. The van der Waals surface area contributed by atoms with Crippen molar-refractivity contribution in [3.8, 4) is 5.75 Å². The zero-order valence-electron chi connectivity index (χ0n) is 15.6. The van der Waals surface area contributed by atoms with Crippen LogP contribution in [0.5, 0.6) is 5.75 Å². The van der Waals surface area contributed by atoms with Crippen LogP contribution < -0.4 is 10.1 Å². The highest BCUT2D eigenvalue weighted by atomic mass is 16.5. The van der Waals surface area contributed by atoms with Gasteiger partial charge in [0.1, 0.15) is 12.0 Å². The number of rotatable bonds is 10. The highest BCUT2D eigenvalue weighted by molar-refractivity contribution is 5.77. The molecule has 6 nitrogen and oxygen atoms in total. The lowest BCUT2D eigenvalue weighted by molar-refractivity contribution is -0.123. The molecule has 0 saturated carbocycles. The number of carbonyl (C=O) groups excluding carboxylic acids is 2. The minimum atomic E-state index is -0.192. The van der Waals surface area contributed by atoms with E-state index in [2.05, 4.69) is 10.4 Å². The number of aldehydes is 1. The van der Waals surface area contributed by atoms with Crippen LogP contribution in [0.2, 0.25) is 0 Å². The molecule has 0 saturated heterocycles. The normalized spacial score (nSPS) is 10.4. The molecule has 2 aromatic carbocycles. The second-order valence-corrected chi connectivity index (χ2v) is 6.40. The van der Waals surface area contributed by atoms with Crippen LogP contribution >= 0.6 is 0 Å². The molecule has 1 N–H and O–H groups in total. The molecule has 28 heavy (non-hydrogen) atoms.